The average molecular weight is 617 g/mol. The lowest BCUT2D eigenvalue weighted by Crippen LogP contribution is -2.23. The number of nitro benzene ring substituents is 1. The second-order valence-electron chi connectivity index (χ2n) is 9.66. The number of benzene rings is 3. The minimum atomic E-state index is -0.399. The Bertz CT molecular complexity index is 1820. The lowest BCUT2D eigenvalue weighted by atomic mass is 10.2. The number of nitro groups is 1. The lowest BCUT2D eigenvalue weighted by Gasteiger charge is -2.12. The van der Waals surface area contributed by atoms with Crippen LogP contribution in [0.4, 0.5) is 5.69 Å². The van der Waals surface area contributed by atoms with Crippen LogP contribution >= 0.6 is 27.7 Å². The summed E-state index contributed by atoms with van der Waals surface area (Å²) in [7, 11) is 0. The van der Waals surface area contributed by atoms with E-state index in [4.69, 9.17) is 4.98 Å². The fourth-order valence-corrected chi connectivity index (χ4v) is 5.70. The maximum absolute atomic E-state index is 13.4. The molecule has 0 amide bonds. The fourth-order valence-electron chi connectivity index (χ4n) is 4.52. The molecule has 5 rings (SSSR count). The Kier molecular flexibility index (Phi) is 7.73. The van der Waals surface area contributed by atoms with E-state index in [0.29, 0.717) is 16.7 Å². The molecule has 5 aromatic rings. The molecule has 0 aliphatic carbocycles. The van der Waals surface area contributed by atoms with E-state index in [-0.39, 0.29) is 17.2 Å². The average Bonchev–Trinajstić information content (AvgIpc) is 3.21. The first-order valence-corrected chi connectivity index (χ1v) is 14.2. The Labute approximate surface area is 243 Å². The number of hydrogen-bond donors (Lipinski definition) is 0. The predicted molar refractivity (Wildman–Crippen MR) is 163 cm³/mol. The van der Waals surface area contributed by atoms with Crippen molar-refractivity contribution < 1.29 is 4.92 Å². The van der Waals surface area contributed by atoms with Crippen molar-refractivity contribution >= 4 is 50.5 Å². The second-order valence-corrected chi connectivity index (χ2v) is 11.7. The number of nitrogens with zero attached hydrogens (tertiary/aromatic N) is 5. The molecule has 0 spiro atoms. The molecular weight excluding hydrogens is 590 g/mol. The highest BCUT2D eigenvalue weighted by atomic mass is 79.9. The van der Waals surface area contributed by atoms with E-state index < -0.39 is 4.92 Å². The van der Waals surface area contributed by atoms with Gasteiger partial charge in [-0.15, -0.1) is 0 Å². The van der Waals surface area contributed by atoms with Crippen LogP contribution in [0.3, 0.4) is 0 Å². The largest absolute Gasteiger partial charge is 0.318 e. The van der Waals surface area contributed by atoms with Crippen LogP contribution in [0.5, 0.6) is 0 Å². The van der Waals surface area contributed by atoms with Gasteiger partial charge in [0.2, 0.25) is 0 Å². The van der Waals surface area contributed by atoms with Crippen molar-refractivity contribution in [2.24, 2.45) is 5.10 Å². The Balaban J connectivity index is 1.43. The maximum Gasteiger partial charge on any atom is 0.282 e. The van der Waals surface area contributed by atoms with Crippen molar-refractivity contribution in [2.45, 2.75) is 43.4 Å². The van der Waals surface area contributed by atoms with Crippen LogP contribution in [0.25, 0.3) is 16.6 Å². The van der Waals surface area contributed by atoms with E-state index in [1.54, 1.807) is 36.2 Å². The molecule has 10 heteroatoms. The normalized spacial score (nSPS) is 11.7. The lowest BCUT2D eigenvalue weighted by molar-refractivity contribution is -0.384. The SMILES string of the molecule is Cc1cc(C=Nn2c(C(C)C)nc3ccc(Br)cc3c2=O)c(C)n1-c1ccc(Sc2ccc([N+](=O)[O-])cc2)cc1. The van der Waals surface area contributed by atoms with Crippen LogP contribution in [0, 0.1) is 24.0 Å². The molecule has 0 unspecified atom stereocenters. The summed E-state index contributed by atoms with van der Waals surface area (Å²) in [5.41, 5.74) is 4.45. The van der Waals surface area contributed by atoms with Crippen LogP contribution in [0.1, 0.15) is 42.5 Å². The number of rotatable bonds is 7. The molecule has 40 heavy (non-hydrogen) atoms. The van der Waals surface area contributed by atoms with Crippen LogP contribution in [-0.4, -0.2) is 25.4 Å². The molecule has 0 atom stereocenters. The number of fused-ring (bicyclic) bond motifs is 1. The van der Waals surface area contributed by atoms with Gasteiger partial charge in [-0.2, -0.15) is 9.78 Å². The van der Waals surface area contributed by atoms with Crippen molar-refractivity contribution in [3.8, 4) is 5.69 Å². The molecule has 0 fully saturated rings. The number of halogens is 1. The van der Waals surface area contributed by atoms with Crippen LogP contribution in [0.2, 0.25) is 0 Å². The van der Waals surface area contributed by atoms with Crippen molar-refractivity contribution in [1.82, 2.24) is 14.2 Å². The highest BCUT2D eigenvalue weighted by Crippen LogP contribution is 2.30. The van der Waals surface area contributed by atoms with Crippen molar-refractivity contribution in [3.63, 3.8) is 0 Å². The van der Waals surface area contributed by atoms with Gasteiger partial charge in [-0.05, 0) is 74.5 Å². The molecule has 0 saturated carbocycles. The first kappa shape index (κ1) is 27.5. The molecule has 8 nitrogen and oxygen atoms in total. The number of non-ortho nitro benzene ring substituents is 1. The first-order chi connectivity index (χ1) is 19.1. The molecule has 202 valence electrons. The molecule has 0 aliphatic heterocycles. The Morgan fingerprint density at radius 1 is 1.00 bits per heavy atom. The number of aryl methyl sites for hydroxylation is 1. The summed E-state index contributed by atoms with van der Waals surface area (Å²) in [6, 6.07) is 22.2. The van der Waals surface area contributed by atoms with Gasteiger partial charge < -0.3 is 4.57 Å². The molecule has 0 aliphatic rings. The van der Waals surface area contributed by atoms with Crippen molar-refractivity contribution in [3.05, 3.63) is 121 Å². The fraction of sp³-hybridized carbons (Fsp3) is 0.167. The minimum Gasteiger partial charge on any atom is -0.318 e. The summed E-state index contributed by atoms with van der Waals surface area (Å²) < 4.78 is 4.35. The van der Waals surface area contributed by atoms with Gasteiger partial charge in [-0.1, -0.05) is 41.5 Å². The summed E-state index contributed by atoms with van der Waals surface area (Å²) in [5, 5.41) is 16.0. The van der Waals surface area contributed by atoms with E-state index in [2.05, 4.69) is 25.6 Å². The van der Waals surface area contributed by atoms with Crippen LogP contribution in [-0.2, 0) is 0 Å². The zero-order chi connectivity index (χ0) is 28.6. The summed E-state index contributed by atoms with van der Waals surface area (Å²) in [6.07, 6.45) is 1.72. The van der Waals surface area contributed by atoms with Gasteiger partial charge >= 0.3 is 0 Å². The molecule has 0 radical (unpaired) electrons. The van der Waals surface area contributed by atoms with Gasteiger partial charge in [-0.25, -0.2) is 4.98 Å². The Morgan fingerprint density at radius 3 is 2.27 bits per heavy atom. The quantitative estimate of drug-likeness (QED) is 0.106. The summed E-state index contributed by atoms with van der Waals surface area (Å²) >= 11 is 4.99. The number of aromatic nitrogens is 3. The maximum atomic E-state index is 13.4. The molecular formula is C30H26BrN5O3S. The van der Waals surface area contributed by atoms with Crippen LogP contribution < -0.4 is 5.56 Å². The van der Waals surface area contributed by atoms with E-state index in [1.807, 2.05) is 70.2 Å². The highest BCUT2D eigenvalue weighted by molar-refractivity contribution is 9.10. The van der Waals surface area contributed by atoms with Gasteiger partial charge in [0.25, 0.3) is 11.2 Å². The van der Waals surface area contributed by atoms with Crippen molar-refractivity contribution in [1.29, 1.82) is 0 Å². The molecule has 0 N–H and O–H groups in total. The van der Waals surface area contributed by atoms with E-state index in [1.165, 1.54) is 16.8 Å². The van der Waals surface area contributed by atoms with Gasteiger partial charge in [-0.3, -0.25) is 14.9 Å². The topological polar surface area (TPSA) is 95.3 Å². The summed E-state index contributed by atoms with van der Waals surface area (Å²) in [5.74, 6) is 0.610. The smallest absolute Gasteiger partial charge is 0.282 e. The first-order valence-electron chi connectivity index (χ1n) is 12.6. The van der Waals surface area contributed by atoms with Crippen molar-refractivity contribution in [2.75, 3.05) is 0 Å². The third kappa shape index (κ3) is 5.50. The molecule has 0 saturated heterocycles. The third-order valence-electron chi connectivity index (χ3n) is 6.51. The molecule has 2 heterocycles. The second kappa shape index (κ2) is 11.2. The molecule has 3 aromatic carbocycles. The van der Waals surface area contributed by atoms with E-state index in [9.17, 15) is 14.9 Å². The third-order valence-corrected chi connectivity index (χ3v) is 8.02. The standard InChI is InChI=1S/C30H26BrN5O3S/c1-18(2)29-33-28-14-5-22(31)16-27(28)30(37)35(29)32-17-21-15-19(3)34(20(21)4)23-6-10-25(11-7-23)40-26-12-8-24(9-13-26)36(38)39/h5-18H,1-4H3. The van der Waals surface area contributed by atoms with E-state index >= 15 is 0 Å². The van der Waals surface area contributed by atoms with Gasteiger partial charge in [0.15, 0.2) is 0 Å². The predicted octanol–water partition coefficient (Wildman–Crippen LogP) is 7.63. The Morgan fingerprint density at radius 2 is 1.65 bits per heavy atom. The Hall–Kier alpha value is -4.02. The summed E-state index contributed by atoms with van der Waals surface area (Å²) in [4.78, 5) is 30.5. The van der Waals surface area contributed by atoms with E-state index in [0.717, 1.165) is 36.9 Å². The zero-order valence-corrected chi connectivity index (χ0v) is 24.7. The highest BCUT2D eigenvalue weighted by Gasteiger charge is 2.15. The zero-order valence-electron chi connectivity index (χ0n) is 22.3. The summed E-state index contributed by atoms with van der Waals surface area (Å²) in [6.45, 7) is 8.04. The van der Waals surface area contributed by atoms with Gasteiger partial charge in [0, 0.05) is 55.0 Å². The molecule has 0 bridgehead atoms. The van der Waals surface area contributed by atoms with Crippen LogP contribution in [0.15, 0.2) is 97.0 Å². The number of hydrogen-bond acceptors (Lipinski definition) is 6. The monoisotopic (exact) mass is 615 g/mol. The van der Waals surface area contributed by atoms with Gasteiger partial charge in [0.05, 0.1) is 22.0 Å². The molecule has 2 aromatic heterocycles. The van der Waals surface area contributed by atoms with Gasteiger partial charge in [0.1, 0.15) is 5.82 Å². The minimum absolute atomic E-state index is 0.00714.